The van der Waals surface area contributed by atoms with Crippen molar-refractivity contribution in [1.82, 2.24) is 14.9 Å². The van der Waals surface area contributed by atoms with E-state index in [4.69, 9.17) is 9.47 Å². The zero-order valence-corrected chi connectivity index (χ0v) is 14.4. The minimum Gasteiger partial charge on any atom is -0.493 e. The second kappa shape index (κ2) is 7.79. The van der Waals surface area contributed by atoms with Crippen molar-refractivity contribution in [3.63, 3.8) is 0 Å². The molecule has 6 nitrogen and oxygen atoms in total. The number of nitrogens with zero attached hydrogens (tertiary/aromatic N) is 2. The quantitative estimate of drug-likeness (QED) is 0.691. The first kappa shape index (κ1) is 17.6. The normalized spacial score (nSPS) is 10.6. The van der Waals surface area contributed by atoms with Crippen molar-refractivity contribution < 1.29 is 18.7 Å². The number of benzene rings is 2. The van der Waals surface area contributed by atoms with Crippen LogP contribution >= 0.6 is 0 Å². The number of rotatable bonds is 6. The van der Waals surface area contributed by atoms with Gasteiger partial charge in [0.2, 0.25) is 0 Å². The number of halogens is 1. The molecule has 0 aliphatic rings. The van der Waals surface area contributed by atoms with Crippen molar-refractivity contribution in [1.29, 1.82) is 0 Å². The zero-order valence-electron chi connectivity index (χ0n) is 14.4. The van der Waals surface area contributed by atoms with Gasteiger partial charge in [-0.05, 0) is 23.8 Å². The standard InChI is InChI=1S/C19H18FN3O3/c1-25-12-22-19(24)17-10-23(11-21-17)14-6-3-5-13(9-14)15-7-4-8-16(20)18(15)26-2/h3-11H,12H2,1-2H3,(H,22,24). The number of para-hydroxylation sites is 1. The summed E-state index contributed by atoms with van der Waals surface area (Å²) in [6.45, 7) is 0.112. The maximum absolute atomic E-state index is 14.0. The summed E-state index contributed by atoms with van der Waals surface area (Å²) in [5, 5.41) is 2.58. The smallest absolute Gasteiger partial charge is 0.273 e. The van der Waals surface area contributed by atoms with Gasteiger partial charge in [-0.15, -0.1) is 0 Å². The lowest BCUT2D eigenvalue weighted by molar-refractivity contribution is 0.0867. The van der Waals surface area contributed by atoms with Crippen LogP contribution in [-0.2, 0) is 4.74 Å². The monoisotopic (exact) mass is 355 g/mol. The van der Waals surface area contributed by atoms with Crippen molar-refractivity contribution in [2.24, 2.45) is 0 Å². The molecular formula is C19H18FN3O3. The van der Waals surface area contributed by atoms with E-state index in [0.29, 0.717) is 5.56 Å². The lowest BCUT2D eigenvalue weighted by Crippen LogP contribution is -2.25. The van der Waals surface area contributed by atoms with Gasteiger partial charge in [0.25, 0.3) is 5.91 Å². The summed E-state index contributed by atoms with van der Waals surface area (Å²) in [4.78, 5) is 16.0. The summed E-state index contributed by atoms with van der Waals surface area (Å²) in [5.41, 5.74) is 2.49. The summed E-state index contributed by atoms with van der Waals surface area (Å²) in [5.74, 6) is -0.557. The first-order chi connectivity index (χ1) is 12.6. The van der Waals surface area contributed by atoms with Crippen LogP contribution in [0.1, 0.15) is 10.5 Å². The third-order valence-corrected chi connectivity index (χ3v) is 3.82. The van der Waals surface area contributed by atoms with Crippen molar-refractivity contribution in [2.75, 3.05) is 21.0 Å². The summed E-state index contributed by atoms with van der Waals surface area (Å²) < 4.78 is 25.7. The van der Waals surface area contributed by atoms with E-state index in [0.717, 1.165) is 11.3 Å². The van der Waals surface area contributed by atoms with Crippen LogP contribution in [-0.4, -0.2) is 36.4 Å². The number of aromatic nitrogens is 2. The van der Waals surface area contributed by atoms with E-state index in [1.165, 1.54) is 20.3 Å². The fraction of sp³-hybridized carbons (Fsp3) is 0.158. The molecule has 1 aromatic heterocycles. The molecule has 0 radical (unpaired) electrons. The maximum atomic E-state index is 14.0. The Morgan fingerprint density at radius 1 is 1.23 bits per heavy atom. The Kier molecular flexibility index (Phi) is 5.28. The van der Waals surface area contributed by atoms with Crippen molar-refractivity contribution in [3.8, 4) is 22.6 Å². The molecule has 0 atom stereocenters. The number of carbonyl (C=O) groups excluding carboxylic acids is 1. The van der Waals surface area contributed by atoms with Gasteiger partial charge < -0.3 is 19.4 Å². The van der Waals surface area contributed by atoms with Crippen LogP contribution in [0.5, 0.6) is 5.75 Å². The molecule has 0 unspecified atom stereocenters. The first-order valence-corrected chi connectivity index (χ1v) is 7.88. The Bertz CT molecular complexity index is 924. The van der Waals surface area contributed by atoms with E-state index in [-0.39, 0.29) is 24.1 Å². The number of hydrogen-bond donors (Lipinski definition) is 1. The zero-order chi connectivity index (χ0) is 18.5. The van der Waals surface area contributed by atoms with Crippen LogP contribution in [0, 0.1) is 5.82 Å². The Hall–Kier alpha value is -3.19. The molecule has 1 heterocycles. The van der Waals surface area contributed by atoms with E-state index in [9.17, 15) is 9.18 Å². The van der Waals surface area contributed by atoms with Crippen LogP contribution in [0.2, 0.25) is 0 Å². The second-order valence-electron chi connectivity index (χ2n) is 5.48. The van der Waals surface area contributed by atoms with Crippen molar-refractivity contribution in [3.05, 3.63) is 66.5 Å². The second-order valence-corrected chi connectivity index (χ2v) is 5.48. The first-order valence-electron chi connectivity index (χ1n) is 7.88. The average Bonchev–Trinajstić information content (AvgIpc) is 3.16. The van der Waals surface area contributed by atoms with E-state index >= 15 is 0 Å². The van der Waals surface area contributed by atoms with Crippen LogP contribution in [0.4, 0.5) is 4.39 Å². The molecule has 0 saturated heterocycles. The van der Waals surface area contributed by atoms with Crippen LogP contribution in [0.15, 0.2) is 55.0 Å². The molecule has 1 N–H and O–H groups in total. The summed E-state index contributed by atoms with van der Waals surface area (Å²) in [6.07, 6.45) is 3.16. The van der Waals surface area contributed by atoms with Gasteiger partial charge in [0.15, 0.2) is 11.6 Å². The number of nitrogens with one attached hydrogen (secondary N) is 1. The summed E-state index contributed by atoms with van der Waals surface area (Å²) in [7, 11) is 2.93. The SMILES string of the molecule is COCNC(=O)c1cn(-c2cccc(-c3cccc(F)c3OC)c2)cn1. The molecule has 26 heavy (non-hydrogen) atoms. The minimum atomic E-state index is -0.421. The third kappa shape index (κ3) is 3.57. The van der Waals surface area contributed by atoms with Crippen LogP contribution in [0.3, 0.4) is 0 Å². The fourth-order valence-corrected chi connectivity index (χ4v) is 2.59. The van der Waals surface area contributed by atoms with Crippen molar-refractivity contribution >= 4 is 5.91 Å². The summed E-state index contributed by atoms with van der Waals surface area (Å²) >= 11 is 0. The molecular weight excluding hydrogens is 337 g/mol. The van der Waals surface area contributed by atoms with Gasteiger partial charge >= 0.3 is 0 Å². The molecule has 134 valence electrons. The lowest BCUT2D eigenvalue weighted by atomic mass is 10.0. The number of ether oxygens (including phenoxy) is 2. The fourth-order valence-electron chi connectivity index (χ4n) is 2.59. The molecule has 0 fully saturated rings. The van der Waals surface area contributed by atoms with Gasteiger partial charge in [-0.1, -0.05) is 24.3 Å². The maximum Gasteiger partial charge on any atom is 0.273 e. The Morgan fingerprint density at radius 2 is 2.04 bits per heavy atom. The topological polar surface area (TPSA) is 65.4 Å². The van der Waals surface area contributed by atoms with E-state index in [1.807, 2.05) is 24.3 Å². The van der Waals surface area contributed by atoms with Gasteiger partial charge in [0.05, 0.1) is 7.11 Å². The molecule has 3 rings (SSSR count). The molecule has 0 bridgehead atoms. The Morgan fingerprint density at radius 3 is 2.81 bits per heavy atom. The van der Waals surface area contributed by atoms with Crippen molar-refractivity contribution in [2.45, 2.75) is 0 Å². The Balaban J connectivity index is 1.93. The number of methoxy groups -OCH3 is 2. The number of imidazole rings is 1. The molecule has 0 aliphatic heterocycles. The molecule has 0 aliphatic carbocycles. The van der Waals surface area contributed by atoms with E-state index in [1.54, 1.807) is 29.2 Å². The highest BCUT2D eigenvalue weighted by atomic mass is 19.1. The molecule has 2 aromatic carbocycles. The number of amides is 1. The van der Waals surface area contributed by atoms with E-state index in [2.05, 4.69) is 10.3 Å². The molecule has 0 spiro atoms. The average molecular weight is 355 g/mol. The Labute approximate surface area is 150 Å². The van der Waals surface area contributed by atoms with Crippen LogP contribution < -0.4 is 10.1 Å². The minimum absolute atomic E-state index is 0.112. The number of carbonyl (C=O) groups is 1. The molecule has 1 amide bonds. The van der Waals surface area contributed by atoms with Gasteiger partial charge in [-0.2, -0.15) is 0 Å². The van der Waals surface area contributed by atoms with Gasteiger partial charge in [0, 0.05) is 24.6 Å². The number of hydrogen-bond acceptors (Lipinski definition) is 4. The molecule has 7 heteroatoms. The van der Waals surface area contributed by atoms with Gasteiger partial charge in [0.1, 0.15) is 18.8 Å². The van der Waals surface area contributed by atoms with E-state index < -0.39 is 5.82 Å². The third-order valence-electron chi connectivity index (χ3n) is 3.82. The molecule has 3 aromatic rings. The van der Waals surface area contributed by atoms with Crippen LogP contribution in [0.25, 0.3) is 16.8 Å². The highest BCUT2D eigenvalue weighted by Crippen LogP contribution is 2.33. The largest absolute Gasteiger partial charge is 0.493 e. The highest BCUT2D eigenvalue weighted by Gasteiger charge is 2.13. The van der Waals surface area contributed by atoms with Gasteiger partial charge in [-0.25, -0.2) is 9.37 Å². The predicted molar refractivity (Wildman–Crippen MR) is 94.9 cm³/mol. The lowest BCUT2D eigenvalue weighted by Gasteiger charge is -2.11. The van der Waals surface area contributed by atoms with Gasteiger partial charge in [-0.3, -0.25) is 4.79 Å². The highest BCUT2D eigenvalue weighted by molar-refractivity contribution is 5.92. The summed E-state index contributed by atoms with van der Waals surface area (Å²) in [6, 6.07) is 12.2. The predicted octanol–water partition coefficient (Wildman–Crippen LogP) is 3.02. The molecule has 0 saturated carbocycles.